The van der Waals surface area contributed by atoms with Crippen molar-refractivity contribution in [2.45, 2.75) is 6.92 Å². The van der Waals surface area contributed by atoms with Gasteiger partial charge in [-0.05, 0) is 43.3 Å². The lowest BCUT2D eigenvalue weighted by molar-refractivity contribution is -0.112. The molecule has 0 fully saturated rings. The molecule has 4 rings (SSSR count). The number of nitrogens with zero attached hydrogens (tertiary/aromatic N) is 4. The number of benzene rings is 1. The van der Waals surface area contributed by atoms with Crippen LogP contribution in [0.5, 0.6) is 0 Å². The lowest BCUT2D eigenvalue weighted by Gasteiger charge is -2.28. The number of sulfonamides is 1. The zero-order valence-electron chi connectivity index (χ0n) is 14.8. The second-order valence-corrected chi connectivity index (χ2v) is 8.52. The molecule has 0 saturated heterocycles. The van der Waals surface area contributed by atoms with E-state index in [1.165, 1.54) is 0 Å². The van der Waals surface area contributed by atoms with Crippen LogP contribution in [0.2, 0.25) is 5.02 Å². The van der Waals surface area contributed by atoms with E-state index in [-0.39, 0.29) is 23.7 Å². The number of aryl methyl sites for hydroxylation is 1. The van der Waals surface area contributed by atoms with Crippen LogP contribution in [0.1, 0.15) is 5.69 Å². The normalized spacial score (nSPS) is 17.6. The third kappa shape index (κ3) is 3.58. The summed E-state index contributed by atoms with van der Waals surface area (Å²) in [6, 6.07) is 8.75. The van der Waals surface area contributed by atoms with E-state index < -0.39 is 15.9 Å². The van der Waals surface area contributed by atoms with Crippen molar-refractivity contribution < 1.29 is 13.2 Å². The molecule has 2 aromatic rings. The van der Waals surface area contributed by atoms with Crippen molar-refractivity contribution in [1.29, 1.82) is 0 Å². The highest BCUT2D eigenvalue weighted by Crippen LogP contribution is 2.22. The van der Waals surface area contributed by atoms with Crippen LogP contribution < -0.4 is 5.32 Å². The molecule has 0 atom stereocenters. The van der Waals surface area contributed by atoms with Gasteiger partial charge in [0.2, 0.25) is 0 Å². The molecule has 3 heterocycles. The van der Waals surface area contributed by atoms with Gasteiger partial charge in [-0.1, -0.05) is 11.6 Å². The number of fused-ring (bicyclic) bond motifs is 1. The summed E-state index contributed by atoms with van der Waals surface area (Å²) in [6.45, 7) is 2.06. The molecule has 0 bridgehead atoms. The van der Waals surface area contributed by atoms with Gasteiger partial charge in [0.1, 0.15) is 5.82 Å². The Bertz CT molecular complexity index is 1150. The van der Waals surface area contributed by atoms with Crippen molar-refractivity contribution >= 4 is 39.2 Å². The average Bonchev–Trinajstić information content (AvgIpc) is 3.01. The Morgan fingerprint density at radius 1 is 1.25 bits per heavy atom. The van der Waals surface area contributed by atoms with Crippen molar-refractivity contribution in [3.05, 3.63) is 65.0 Å². The minimum absolute atomic E-state index is 0.0850. The van der Waals surface area contributed by atoms with Gasteiger partial charge in [-0.2, -0.15) is 5.10 Å². The number of halogens is 1. The van der Waals surface area contributed by atoms with Crippen LogP contribution >= 0.6 is 11.6 Å². The summed E-state index contributed by atoms with van der Waals surface area (Å²) in [5.74, 6) is 0.0186. The van der Waals surface area contributed by atoms with Gasteiger partial charge in [0, 0.05) is 23.8 Å². The number of amidine groups is 1. The molecular weight excluding hydrogens is 402 g/mol. The van der Waals surface area contributed by atoms with Crippen LogP contribution in [0.25, 0.3) is 5.69 Å². The topological polar surface area (TPSA) is 96.7 Å². The Kier molecular flexibility index (Phi) is 4.56. The molecule has 1 amide bonds. The van der Waals surface area contributed by atoms with E-state index in [2.05, 4.69) is 14.8 Å². The molecule has 2 aliphatic rings. The van der Waals surface area contributed by atoms with Crippen LogP contribution in [0, 0.1) is 6.92 Å². The number of nitrogens with one attached hydrogen (secondary N) is 1. The van der Waals surface area contributed by atoms with Gasteiger partial charge in [0.05, 0.1) is 22.7 Å². The Hall–Kier alpha value is -2.91. The summed E-state index contributed by atoms with van der Waals surface area (Å²) in [5.41, 5.74) is 1.61. The van der Waals surface area contributed by atoms with Crippen LogP contribution in [0.3, 0.4) is 0 Å². The standard InChI is InChI=1S/C18H16ClN5O3S/c1-12-11-16(24(21-12)14-6-4-13(19)5-7-14)20-18(25)15-3-2-8-23-9-10-28(26,27)22-17(15)23/h2-8,11H,9-10H2,1H3,(H,20,25). The summed E-state index contributed by atoms with van der Waals surface area (Å²) in [5, 5.41) is 7.79. The quantitative estimate of drug-likeness (QED) is 0.826. The summed E-state index contributed by atoms with van der Waals surface area (Å²) in [6.07, 6.45) is 4.93. The number of allylic oxidation sites excluding steroid dienone is 2. The number of anilines is 1. The Balaban J connectivity index is 1.66. The van der Waals surface area contributed by atoms with Gasteiger partial charge >= 0.3 is 0 Å². The van der Waals surface area contributed by atoms with Gasteiger partial charge in [0.25, 0.3) is 15.9 Å². The molecule has 8 nitrogen and oxygen atoms in total. The molecule has 0 unspecified atom stereocenters. The van der Waals surface area contributed by atoms with Crippen LogP contribution in [0.4, 0.5) is 5.82 Å². The van der Waals surface area contributed by atoms with Gasteiger partial charge in [0.15, 0.2) is 5.84 Å². The number of hydrogen-bond acceptors (Lipinski definition) is 5. The maximum absolute atomic E-state index is 12.9. The Labute approximate surface area is 166 Å². The predicted molar refractivity (Wildman–Crippen MR) is 107 cm³/mol. The fourth-order valence-electron chi connectivity index (χ4n) is 2.94. The molecule has 28 heavy (non-hydrogen) atoms. The molecule has 1 N–H and O–H groups in total. The lowest BCUT2D eigenvalue weighted by atomic mass is 10.1. The first kappa shape index (κ1) is 18.5. The maximum atomic E-state index is 12.9. The molecule has 1 aromatic carbocycles. The fraction of sp³-hybridized carbons (Fsp3) is 0.167. The van der Waals surface area contributed by atoms with Crippen LogP contribution in [0.15, 0.2) is 58.7 Å². The summed E-state index contributed by atoms with van der Waals surface area (Å²) < 4.78 is 29.1. The SMILES string of the molecule is Cc1cc(NC(=O)C2=CC=CN3CCS(=O)(=O)N=C23)n(-c2ccc(Cl)cc2)n1. The molecular formula is C18H16ClN5O3S. The second-order valence-electron chi connectivity index (χ2n) is 6.33. The van der Waals surface area contributed by atoms with Crippen molar-refractivity contribution in [2.75, 3.05) is 17.6 Å². The number of carbonyl (C=O) groups is 1. The molecule has 10 heteroatoms. The van der Waals surface area contributed by atoms with Gasteiger partial charge in [-0.15, -0.1) is 4.40 Å². The van der Waals surface area contributed by atoms with Crippen molar-refractivity contribution in [2.24, 2.45) is 4.40 Å². The van der Waals surface area contributed by atoms with Gasteiger partial charge in [-0.25, -0.2) is 13.1 Å². The van der Waals surface area contributed by atoms with E-state index in [1.807, 2.05) is 6.92 Å². The highest BCUT2D eigenvalue weighted by atomic mass is 35.5. The van der Waals surface area contributed by atoms with Crippen LogP contribution in [-0.4, -0.2) is 47.1 Å². The molecule has 0 saturated carbocycles. The third-order valence-corrected chi connectivity index (χ3v) is 5.65. The molecule has 0 spiro atoms. The van der Waals surface area contributed by atoms with Crippen molar-refractivity contribution in [1.82, 2.24) is 14.7 Å². The first-order valence-electron chi connectivity index (χ1n) is 8.44. The van der Waals surface area contributed by atoms with E-state index in [1.54, 1.807) is 58.3 Å². The minimum Gasteiger partial charge on any atom is -0.331 e. The smallest absolute Gasteiger partial charge is 0.260 e. The number of aromatic nitrogens is 2. The number of hydrogen-bond donors (Lipinski definition) is 1. The highest BCUT2D eigenvalue weighted by molar-refractivity contribution is 7.90. The van der Waals surface area contributed by atoms with Crippen LogP contribution in [-0.2, 0) is 14.8 Å². The highest BCUT2D eigenvalue weighted by Gasteiger charge is 2.30. The van der Waals surface area contributed by atoms with E-state index >= 15 is 0 Å². The monoisotopic (exact) mass is 417 g/mol. The summed E-state index contributed by atoms with van der Waals surface area (Å²) in [4.78, 5) is 14.6. The predicted octanol–water partition coefficient (Wildman–Crippen LogP) is 2.27. The summed E-state index contributed by atoms with van der Waals surface area (Å²) >= 11 is 5.94. The number of carbonyl (C=O) groups excluding carboxylic acids is 1. The van der Waals surface area contributed by atoms with E-state index in [0.29, 0.717) is 16.5 Å². The minimum atomic E-state index is -3.58. The fourth-order valence-corrected chi connectivity index (χ4v) is 4.06. The van der Waals surface area contributed by atoms with E-state index in [4.69, 9.17) is 11.6 Å². The second kappa shape index (κ2) is 6.92. The zero-order chi connectivity index (χ0) is 19.9. The molecule has 1 aromatic heterocycles. The maximum Gasteiger partial charge on any atom is 0.260 e. The van der Waals surface area contributed by atoms with E-state index in [9.17, 15) is 13.2 Å². The lowest BCUT2D eigenvalue weighted by Crippen LogP contribution is -2.41. The number of amides is 1. The van der Waals surface area contributed by atoms with Crippen molar-refractivity contribution in [3.63, 3.8) is 0 Å². The van der Waals surface area contributed by atoms with Crippen molar-refractivity contribution in [3.8, 4) is 5.69 Å². The molecule has 0 radical (unpaired) electrons. The van der Waals surface area contributed by atoms with Gasteiger partial charge in [-0.3, -0.25) is 4.79 Å². The summed E-state index contributed by atoms with van der Waals surface area (Å²) in [7, 11) is -3.58. The third-order valence-electron chi connectivity index (χ3n) is 4.25. The zero-order valence-corrected chi connectivity index (χ0v) is 16.4. The van der Waals surface area contributed by atoms with E-state index in [0.717, 1.165) is 5.69 Å². The van der Waals surface area contributed by atoms with Gasteiger partial charge < -0.3 is 10.2 Å². The molecule has 2 aliphatic heterocycles. The largest absolute Gasteiger partial charge is 0.331 e. The Morgan fingerprint density at radius 3 is 2.75 bits per heavy atom. The average molecular weight is 418 g/mol. The molecule has 0 aliphatic carbocycles. The Morgan fingerprint density at radius 2 is 2.00 bits per heavy atom. The number of rotatable bonds is 3. The molecule has 144 valence electrons. The first-order valence-corrected chi connectivity index (χ1v) is 10.4. The first-order chi connectivity index (χ1) is 13.3.